The second-order valence-electron chi connectivity index (χ2n) is 4.87. The molecule has 2 rings (SSSR count). The van der Waals surface area contributed by atoms with E-state index in [1.165, 1.54) is 4.90 Å². The smallest absolute Gasteiger partial charge is 0.238 e. The zero-order valence-corrected chi connectivity index (χ0v) is 11.3. The Morgan fingerprint density at radius 3 is 2.89 bits per heavy atom. The molecule has 3 N–H and O–H groups in total. The number of benzene rings is 1. The van der Waals surface area contributed by atoms with Gasteiger partial charge in [-0.05, 0) is 24.2 Å². The van der Waals surface area contributed by atoms with Gasteiger partial charge in [0.05, 0.1) is 12.1 Å². The van der Waals surface area contributed by atoms with Gasteiger partial charge in [-0.3, -0.25) is 9.59 Å². The van der Waals surface area contributed by atoms with Crippen LogP contribution in [0.5, 0.6) is 0 Å². The zero-order valence-electron chi connectivity index (χ0n) is 11.3. The zero-order chi connectivity index (χ0) is 14.0. The maximum absolute atomic E-state index is 12.2. The van der Waals surface area contributed by atoms with E-state index >= 15 is 0 Å². The standard InChI is InChI=1S/C14H19N3O2/c1-9(7-15)14(19)17-12-4-3-10(8-16-2)5-11(12)6-13(17)18/h3-5,9,16H,6-8,15H2,1-2H3. The summed E-state index contributed by atoms with van der Waals surface area (Å²) in [6, 6.07) is 5.75. The number of hydrogen-bond donors (Lipinski definition) is 2. The Morgan fingerprint density at radius 1 is 1.53 bits per heavy atom. The summed E-state index contributed by atoms with van der Waals surface area (Å²) in [5.41, 5.74) is 8.23. The molecular weight excluding hydrogens is 242 g/mol. The number of carbonyl (C=O) groups excluding carboxylic acids is 2. The molecule has 0 aliphatic carbocycles. The van der Waals surface area contributed by atoms with Gasteiger partial charge in [0.2, 0.25) is 11.8 Å². The molecule has 2 amide bonds. The van der Waals surface area contributed by atoms with Crippen molar-refractivity contribution in [1.82, 2.24) is 5.32 Å². The van der Waals surface area contributed by atoms with Gasteiger partial charge in [0.1, 0.15) is 0 Å². The van der Waals surface area contributed by atoms with Crippen molar-refractivity contribution in [3.63, 3.8) is 0 Å². The SMILES string of the molecule is CNCc1ccc2c(c1)CC(=O)N2C(=O)C(C)CN. The van der Waals surface area contributed by atoms with Crippen molar-refractivity contribution < 1.29 is 9.59 Å². The lowest BCUT2D eigenvalue weighted by Crippen LogP contribution is -2.40. The first-order chi connectivity index (χ1) is 9.08. The van der Waals surface area contributed by atoms with E-state index in [9.17, 15) is 9.59 Å². The minimum Gasteiger partial charge on any atom is -0.330 e. The van der Waals surface area contributed by atoms with Crippen LogP contribution in [0.3, 0.4) is 0 Å². The molecule has 0 saturated heterocycles. The molecule has 1 unspecified atom stereocenters. The van der Waals surface area contributed by atoms with Crippen LogP contribution in [-0.4, -0.2) is 25.4 Å². The minimum atomic E-state index is -0.341. The molecule has 0 bridgehead atoms. The molecule has 5 heteroatoms. The number of nitrogens with zero attached hydrogens (tertiary/aromatic N) is 1. The Hall–Kier alpha value is -1.72. The third-order valence-corrected chi connectivity index (χ3v) is 3.35. The molecule has 1 heterocycles. The van der Waals surface area contributed by atoms with Gasteiger partial charge in [0, 0.05) is 19.0 Å². The predicted octanol–water partition coefficient (Wildman–Crippen LogP) is 0.417. The average Bonchev–Trinajstić information content (AvgIpc) is 2.72. The molecule has 0 aromatic heterocycles. The van der Waals surface area contributed by atoms with Crippen molar-refractivity contribution in [2.45, 2.75) is 19.9 Å². The molecule has 0 radical (unpaired) electrons. The summed E-state index contributed by atoms with van der Waals surface area (Å²) >= 11 is 0. The van der Waals surface area contributed by atoms with Gasteiger partial charge in [-0.25, -0.2) is 4.90 Å². The number of anilines is 1. The van der Waals surface area contributed by atoms with Crippen molar-refractivity contribution in [2.24, 2.45) is 11.7 Å². The highest BCUT2D eigenvalue weighted by molar-refractivity contribution is 6.19. The van der Waals surface area contributed by atoms with Crippen LogP contribution in [0.4, 0.5) is 5.69 Å². The van der Waals surface area contributed by atoms with Gasteiger partial charge in [0.25, 0.3) is 0 Å². The normalized spacial score (nSPS) is 15.5. The van der Waals surface area contributed by atoms with E-state index in [0.717, 1.165) is 17.7 Å². The lowest BCUT2D eigenvalue weighted by atomic mass is 10.1. The lowest BCUT2D eigenvalue weighted by Gasteiger charge is -2.19. The second-order valence-corrected chi connectivity index (χ2v) is 4.87. The molecule has 0 fully saturated rings. The molecule has 0 saturated carbocycles. The summed E-state index contributed by atoms with van der Waals surface area (Å²) in [4.78, 5) is 25.5. The number of carbonyl (C=O) groups is 2. The largest absolute Gasteiger partial charge is 0.330 e. The molecule has 1 aromatic rings. The Balaban J connectivity index is 2.32. The summed E-state index contributed by atoms with van der Waals surface area (Å²) in [6.07, 6.45) is 0.288. The molecule has 1 aliphatic heterocycles. The van der Waals surface area contributed by atoms with Crippen LogP contribution >= 0.6 is 0 Å². The Bertz CT molecular complexity index is 513. The highest BCUT2D eigenvalue weighted by Crippen LogP contribution is 2.30. The molecule has 19 heavy (non-hydrogen) atoms. The molecular formula is C14H19N3O2. The molecule has 1 aliphatic rings. The Morgan fingerprint density at radius 2 is 2.26 bits per heavy atom. The topological polar surface area (TPSA) is 75.4 Å². The Labute approximate surface area is 112 Å². The van der Waals surface area contributed by atoms with Gasteiger partial charge in [-0.2, -0.15) is 0 Å². The van der Waals surface area contributed by atoms with E-state index in [4.69, 9.17) is 5.73 Å². The van der Waals surface area contributed by atoms with Gasteiger partial charge >= 0.3 is 0 Å². The first-order valence-corrected chi connectivity index (χ1v) is 6.41. The van der Waals surface area contributed by atoms with Crippen LogP contribution in [0.2, 0.25) is 0 Å². The highest BCUT2D eigenvalue weighted by Gasteiger charge is 2.34. The number of fused-ring (bicyclic) bond motifs is 1. The van der Waals surface area contributed by atoms with E-state index in [2.05, 4.69) is 5.32 Å². The van der Waals surface area contributed by atoms with Gasteiger partial charge in [-0.1, -0.05) is 19.1 Å². The number of rotatable bonds is 4. The number of nitrogens with one attached hydrogen (secondary N) is 1. The van der Waals surface area contributed by atoms with Crippen molar-refractivity contribution in [1.29, 1.82) is 0 Å². The summed E-state index contributed by atoms with van der Waals surface area (Å²) in [5, 5.41) is 3.07. The minimum absolute atomic E-state index is 0.165. The third-order valence-electron chi connectivity index (χ3n) is 3.35. The van der Waals surface area contributed by atoms with Crippen LogP contribution in [0.25, 0.3) is 0 Å². The van der Waals surface area contributed by atoms with Crippen LogP contribution in [0.1, 0.15) is 18.1 Å². The van der Waals surface area contributed by atoms with Crippen LogP contribution in [0.15, 0.2) is 18.2 Å². The van der Waals surface area contributed by atoms with E-state index in [-0.39, 0.29) is 30.7 Å². The summed E-state index contributed by atoms with van der Waals surface area (Å²) in [7, 11) is 1.87. The number of hydrogen-bond acceptors (Lipinski definition) is 4. The lowest BCUT2D eigenvalue weighted by molar-refractivity contribution is -0.127. The van der Waals surface area contributed by atoms with E-state index in [0.29, 0.717) is 5.69 Å². The van der Waals surface area contributed by atoms with E-state index < -0.39 is 0 Å². The summed E-state index contributed by atoms with van der Waals surface area (Å²) < 4.78 is 0. The van der Waals surface area contributed by atoms with E-state index in [1.807, 2.05) is 25.2 Å². The monoisotopic (exact) mass is 261 g/mol. The van der Waals surface area contributed by atoms with Gasteiger partial charge in [-0.15, -0.1) is 0 Å². The Kier molecular flexibility index (Phi) is 3.97. The predicted molar refractivity (Wildman–Crippen MR) is 73.6 cm³/mol. The first-order valence-electron chi connectivity index (χ1n) is 6.41. The van der Waals surface area contributed by atoms with Crippen LogP contribution in [-0.2, 0) is 22.6 Å². The maximum Gasteiger partial charge on any atom is 0.238 e. The molecule has 1 atom stereocenters. The van der Waals surface area contributed by atoms with Crippen molar-refractivity contribution in [3.8, 4) is 0 Å². The van der Waals surface area contributed by atoms with Crippen molar-refractivity contribution in [3.05, 3.63) is 29.3 Å². The van der Waals surface area contributed by atoms with Gasteiger partial charge in [0.15, 0.2) is 0 Å². The van der Waals surface area contributed by atoms with Crippen molar-refractivity contribution in [2.75, 3.05) is 18.5 Å². The van der Waals surface area contributed by atoms with Crippen LogP contribution in [0, 0.1) is 5.92 Å². The van der Waals surface area contributed by atoms with Crippen LogP contribution < -0.4 is 16.0 Å². The number of imide groups is 1. The van der Waals surface area contributed by atoms with Gasteiger partial charge < -0.3 is 11.1 Å². The van der Waals surface area contributed by atoms with Crippen molar-refractivity contribution >= 4 is 17.5 Å². The fraction of sp³-hybridized carbons (Fsp3) is 0.429. The van der Waals surface area contributed by atoms with E-state index in [1.54, 1.807) is 6.92 Å². The molecule has 0 spiro atoms. The average molecular weight is 261 g/mol. The molecule has 1 aromatic carbocycles. The fourth-order valence-electron chi connectivity index (χ4n) is 2.25. The summed E-state index contributed by atoms with van der Waals surface area (Å²) in [6.45, 7) is 2.73. The number of amides is 2. The third kappa shape index (κ3) is 2.52. The quantitative estimate of drug-likeness (QED) is 0.823. The molecule has 102 valence electrons. The first kappa shape index (κ1) is 13.7. The second kappa shape index (κ2) is 5.50. The molecule has 5 nitrogen and oxygen atoms in total. The highest BCUT2D eigenvalue weighted by atomic mass is 16.2. The maximum atomic E-state index is 12.2. The number of nitrogens with two attached hydrogens (primary N) is 1. The fourth-order valence-corrected chi connectivity index (χ4v) is 2.25. The summed E-state index contributed by atoms with van der Waals surface area (Å²) in [5.74, 6) is -0.721.